The number of unbranched alkanes of at least 4 members (excludes halogenated alkanes) is 1. The van der Waals surface area contributed by atoms with Gasteiger partial charge in [-0.15, -0.1) is 6.42 Å². The van der Waals surface area contributed by atoms with E-state index in [1.165, 1.54) is 4.90 Å². The minimum absolute atomic E-state index is 0.0428. The van der Waals surface area contributed by atoms with Crippen molar-refractivity contribution in [2.45, 2.75) is 50.8 Å². The van der Waals surface area contributed by atoms with Crippen LogP contribution < -0.4 is 11.2 Å². The van der Waals surface area contributed by atoms with E-state index in [0.29, 0.717) is 17.3 Å². The van der Waals surface area contributed by atoms with Crippen LogP contribution in [0.5, 0.6) is 0 Å². The van der Waals surface area contributed by atoms with Crippen molar-refractivity contribution < 1.29 is 32.2 Å². The van der Waals surface area contributed by atoms with Gasteiger partial charge in [0, 0.05) is 26.2 Å². The third-order valence-corrected chi connectivity index (χ3v) is 4.67. The number of hydrogen-bond donors (Lipinski definition) is 1. The molecule has 1 fully saturated rings. The van der Waals surface area contributed by atoms with E-state index in [1.807, 2.05) is 6.92 Å². The molecular formula is C19H24F3N3O6. The van der Waals surface area contributed by atoms with Crippen molar-refractivity contribution >= 4 is 6.09 Å². The fraction of sp³-hybridized carbons (Fsp3) is 0.632. The highest BCUT2D eigenvalue weighted by molar-refractivity contribution is 5.67. The molecule has 1 aliphatic rings. The number of ether oxygens (including phenoxy) is 3. The Morgan fingerprint density at radius 1 is 1.45 bits per heavy atom. The number of H-pyrrole nitrogens is 1. The first kappa shape index (κ1) is 24.5. The number of nitrogens with zero attached hydrogens (tertiary/aromatic N) is 2. The smallest absolute Gasteiger partial charge is 0.423 e. The summed E-state index contributed by atoms with van der Waals surface area (Å²) in [7, 11) is 1.57. The lowest BCUT2D eigenvalue weighted by Crippen LogP contribution is -2.37. The maximum Gasteiger partial charge on any atom is 0.423 e. The molecule has 31 heavy (non-hydrogen) atoms. The summed E-state index contributed by atoms with van der Waals surface area (Å²) in [5, 5.41) is 0. The zero-order chi connectivity index (χ0) is 23.2. The van der Waals surface area contributed by atoms with Gasteiger partial charge in [-0.1, -0.05) is 19.3 Å². The second kappa shape index (κ2) is 10.5. The number of alkyl halides is 3. The molecule has 0 radical (unpaired) electrons. The number of aromatic nitrogens is 2. The second-order valence-electron chi connectivity index (χ2n) is 6.98. The summed E-state index contributed by atoms with van der Waals surface area (Å²) >= 11 is 0. The summed E-state index contributed by atoms with van der Waals surface area (Å²) < 4.78 is 56.1. The molecule has 0 saturated carbocycles. The molecule has 1 amide bonds. The van der Waals surface area contributed by atoms with Crippen LogP contribution in [-0.4, -0.2) is 59.6 Å². The Balaban J connectivity index is 2.18. The molecular weight excluding hydrogens is 423 g/mol. The normalized spacial score (nSPS) is 21.0. The van der Waals surface area contributed by atoms with Gasteiger partial charge in [-0.25, -0.2) is 9.59 Å². The Hall–Kier alpha value is -2.78. The number of aromatic amines is 1. The quantitative estimate of drug-likeness (QED) is 0.609. The molecule has 1 aliphatic heterocycles. The van der Waals surface area contributed by atoms with Crippen molar-refractivity contribution in [1.29, 1.82) is 0 Å². The zero-order valence-electron chi connectivity index (χ0n) is 17.1. The van der Waals surface area contributed by atoms with E-state index >= 15 is 0 Å². The van der Waals surface area contributed by atoms with Gasteiger partial charge in [0.05, 0.1) is 6.10 Å². The van der Waals surface area contributed by atoms with Crippen LogP contribution >= 0.6 is 0 Å². The molecule has 1 aromatic heterocycles. The van der Waals surface area contributed by atoms with Crippen LogP contribution in [0.1, 0.15) is 38.0 Å². The summed E-state index contributed by atoms with van der Waals surface area (Å²) in [5.74, 6) is 2.27. The summed E-state index contributed by atoms with van der Waals surface area (Å²) in [4.78, 5) is 38.7. The molecule has 0 bridgehead atoms. The van der Waals surface area contributed by atoms with E-state index < -0.39 is 47.5 Å². The van der Waals surface area contributed by atoms with Crippen LogP contribution in [0.2, 0.25) is 0 Å². The minimum Gasteiger partial charge on any atom is -0.447 e. The maximum atomic E-state index is 13.1. The molecule has 3 atom stereocenters. The molecule has 1 N–H and O–H groups in total. The third kappa shape index (κ3) is 6.35. The third-order valence-electron chi connectivity index (χ3n) is 4.67. The average Bonchev–Trinajstić information content (AvgIpc) is 3.10. The lowest BCUT2D eigenvalue weighted by Gasteiger charge is -2.21. The van der Waals surface area contributed by atoms with Crippen molar-refractivity contribution in [3.05, 3.63) is 32.6 Å². The fourth-order valence-electron chi connectivity index (χ4n) is 3.00. The Labute approximate surface area is 176 Å². The highest BCUT2D eigenvalue weighted by atomic mass is 19.4. The molecule has 2 heterocycles. The van der Waals surface area contributed by atoms with Crippen LogP contribution in [0, 0.1) is 12.3 Å². The minimum atomic E-state index is -4.96. The highest BCUT2D eigenvalue weighted by Crippen LogP contribution is 2.32. The Morgan fingerprint density at radius 3 is 2.77 bits per heavy atom. The van der Waals surface area contributed by atoms with Gasteiger partial charge in [-0.2, -0.15) is 13.2 Å². The van der Waals surface area contributed by atoms with Crippen molar-refractivity contribution in [2.75, 3.05) is 26.8 Å². The van der Waals surface area contributed by atoms with Gasteiger partial charge in [0.15, 0.2) is 0 Å². The molecule has 1 saturated heterocycles. The molecule has 0 unspecified atom stereocenters. The lowest BCUT2D eigenvalue weighted by molar-refractivity contribution is -0.139. The molecule has 12 heteroatoms. The molecule has 2 rings (SSSR count). The highest BCUT2D eigenvalue weighted by Gasteiger charge is 2.40. The summed E-state index contributed by atoms with van der Waals surface area (Å²) in [6.07, 6.45) is -1.15. The number of halogens is 3. The van der Waals surface area contributed by atoms with Gasteiger partial charge >= 0.3 is 18.0 Å². The van der Waals surface area contributed by atoms with Crippen LogP contribution in [0.15, 0.2) is 15.8 Å². The molecule has 0 spiro atoms. The fourth-order valence-corrected chi connectivity index (χ4v) is 3.00. The predicted molar refractivity (Wildman–Crippen MR) is 102 cm³/mol. The first-order valence-electron chi connectivity index (χ1n) is 9.59. The lowest BCUT2D eigenvalue weighted by atomic mass is 10.2. The van der Waals surface area contributed by atoms with Crippen LogP contribution in [0.25, 0.3) is 0 Å². The number of hydrogen-bond acceptors (Lipinski definition) is 6. The van der Waals surface area contributed by atoms with Crippen molar-refractivity contribution in [3.8, 4) is 12.3 Å². The van der Waals surface area contributed by atoms with Gasteiger partial charge in [-0.05, 0) is 6.42 Å². The second-order valence-corrected chi connectivity index (χ2v) is 6.98. The Morgan fingerprint density at radius 2 is 2.16 bits per heavy atom. The Kier molecular flexibility index (Phi) is 8.29. The van der Waals surface area contributed by atoms with Gasteiger partial charge in [-0.3, -0.25) is 14.3 Å². The van der Waals surface area contributed by atoms with Crippen LogP contribution in [0.4, 0.5) is 18.0 Å². The van der Waals surface area contributed by atoms with E-state index in [0.717, 1.165) is 12.8 Å². The molecule has 172 valence electrons. The maximum absolute atomic E-state index is 13.1. The number of carbonyl (C=O) groups is 1. The number of terminal acetylenes is 1. The van der Waals surface area contributed by atoms with Crippen LogP contribution in [0.3, 0.4) is 0 Å². The molecule has 0 aromatic carbocycles. The van der Waals surface area contributed by atoms with Gasteiger partial charge in [0.2, 0.25) is 0 Å². The summed E-state index contributed by atoms with van der Waals surface area (Å²) in [5.41, 5.74) is -4.16. The first-order valence-corrected chi connectivity index (χ1v) is 9.59. The van der Waals surface area contributed by atoms with Crippen molar-refractivity contribution in [2.24, 2.45) is 0 Å². The van der Waals surface area contributed by atoms with Crippen molar-refractivity contribution in [1.82, 2.24) is 14.5 Å². The van der Waals surface area contributed by atoms with Gasteiger partial charge in [0.25, 0.3) is 5.56 Å². The predicted octanol–water partition coefficient (Wildman–Crippen LogP) is 1.73. The van der Waals surface area contributed by atoms with E-state index in [1.54, 1.807) is 12.0 Å². The number of nitrogens with one attached hydrogen (secondary N) is 1. The first-order chi connectivity index (χ1) is 14.6. The molecule has 1 aromatic rings. The largest absolute Gasteiger partial charge is 0.447 e. The van der Waals surface area contributed by atoms with E-state index in [2.05, 4.69) is 5.92 Å². The topological polar surface area (TPSA) is 103 Å². The van der Waals surface area contributed by atoms with Crippen LogP contribution in [-0.2, 0) is 20.4 Å². The molecule has 0 aliphatic carbocycles. The van der Waals surface area contributed by atoms with Gasteiger partial charge < -0.3 is 19.1 Å². The average molecular weight is 447 g/mol. The summed E-state index contributed by atoms with van der Waals surface area (Å²) in [6, 6.07) is 0. The zero-order valence-corrected chi connectivity index (χ0v) is 17.1. The summed E-state index contributed by atoms with van der Waals surface area (Å²) in [6.45, 7) is 2.09. The van der Waals surface area contributed by atoms with E-state index in [4.69, 9.17) is 20.6 Å². The monoisotopic (exact) mass is 447 g/mol. The SMILES string of the molecule is C#CCO[C@H]1C[C@H](n2cc(C(F)(F)F)c(=O)[nH]c2=O)O[C@@H]1COC(=O)N(C)CCCC. The standard InChI is InChI=1S/C19H24F3N3O6/c1-4-6-7-24(3)18(28)30-11-14-13(29-8-5-2)9-15(31-14)25-10-12(19(20,21)22)16(26)23-17(25)27/h2,10,13-15H,4,6-9,11H2,1,3H3,(H,23,26,27)/t13-,14+,15+/m0/s1. The van der Waals surface area contributed by atoms with Crippen molar-refractivity contribution in [3.63, 3.8) is 0 Å². The molecule has 9 nitrogen and oxygen atoms in total. The number of carbonyl (C=O) groups excluding carboxylic acids is 1. The van der Waals surface area contributed by atoms with E-state index in [9.17, 15) is 27.6 Å². The van der Waals surface area contributed by atoms with Gasteiger partial charge in [0.1, 0.15) is 31.1 Å². The Bertz CT molecular complexity index is 920. The number of amides is 1. The van der Waals surface area contributed by atoms with E-state index in [-0.39, 0.29) is 19.6 Å². The number of rotatable bonds is 8.